The van der Waals surface area contributed by atoms with Crippen molar-refractivity contribution in [3.8, 4) is 0 Å². The lowest BCUT2D eigenvalue weighted by atomic mass is 10.2. The van der Waals surface area contributed by atoms with Gasteiger partial charge in [-0.3, -0.25) is 9.59 Å². The number of nitrogens with one attached hydrogen (secondary N) is 2. The molecule has 3 rings (SSSR count). The van der Waals surface area contributed by atoms with Crippen LogP contribution in [0.25, 0.3) is 10.9 Å². The molecule has 0 aliphatic rings. The van der Waals surface area contributed by atoms with E-state index in [2.05, 4.69) is 20.3 Å². The molecule has 2 N–H and O–H groups in total. The molecule has 0 saturated carbocycles. The Morgan fingerprint density at radius 1 is 1.13 bits per heavy atom. The summed E-state index contributed by atoms with van der Waals surface area (Å²) < 4.78 is 0. The van der Waals surface area contributed by atoms with Gasteiger partial charge in [0.05, 0.1) is 10.9 Å². The number of aromatic amines is 1. The Morgan fingerprint density at radius 2 is 1.96 bits per heavy atom. The quantitative estimate of drug-likeness (QED) is 0.773. The Kier molecular flexibility index (Phi) is 4.14. The lowest BCUT2D eigenvalue weighted by molar-refractivity contribution is -0.116. The fourth-order valence-corrected chi connectivity index (χ4v) is 2.30. The summed E-state index contributed by atoms with van der Waals surface area (Å²) >= 11 is 0. The van der Waals surface area contributed by atoms with E-state index in [4.69, 9.17) is 0 Å². The summed E-state index contributed by atoms with van der Waals surface area (Å²) in [7, 11) is 0. The zero-order valence-corrected chi connectivity index (χ0v) is 12.7. The maximum atomic E-state index is 12.0. The molecule has 3 aromatic rings. The molecule has 0 unspecified atom stereocenters. The van der Waals surface area contributed by atoms with Crippen molar-refractivity contribution in [3.63, 3.8) is 0 Å². The molecule has 23 heavy (non-hydrogen) atoms. The first-order chi connectivity index (χ1) is 11.1. The van der Waals surface area contributed by atoms with Gasteiger partial charge in [0.2, 0.25) is 5.91 Å². The fourth-order valence-electron chi connectivity index (χ4n) is 2.30. The van der Waals surface area contributed by atoms with Crippen LogP contribution in [0.4, 0.5) is 5.82 Å². The van der Waals surface area contributed by atoms with Crippen molar-refractivity contribution in [2.45, 2.75) is 19.8 Å². The summed E-state index contributed by atoms with van der Waals surface area (Å²) in [6.45, 7) is 1.86. The van der Waals surface area contributed by atoms with Gasteiger partial charge in [-0.2, -0.15) is 0 Å². The smallest absolute Gasteiger partial charge is 0.258 e. The minimum Gasteiger partial charge on any atom is -0.311 e. The van der Waals surface area contributed by atoms with Crippen molar-refractivity contribution < 1.29 is 4.79 Å². The fraction of sp³-hybridized carbons (Fsp3) is 0.176. The molecule has 0 radical (unpaired) electrons. The minimum atomic E-state index is -0.189. The van der Waals surface area contributed by atoms with Gasteiger partial charge < -0.3 is 10.3 Å². The molecular formula is C17H16N4O2. The largest absolute Gasteiger partial charge is 0.311 e. The van der Waals surface area contributed by atoms with Crippen LogP contribution in [0.15, 0.2) is 47.3 Å². The van der Waals surface area contributed by atoms with Crippen molar-refractivity contribution >= 4 is 22.6 Å². The molecule has 0 aliphatic carbocycles. The van der Waals surface area contributed by atoms with Crippen LogP contribution in [0.5, 0.6) is 0 Å². The van der Waals surface area contributed by atoms with E-state index in [1.807, 2.05) is 25.1 Å². The number of amides is 1. The average Bonchev–Trinajstić information content (AvgIpc) is 2.53. The average molecular weight is 308 g/mol. The van der Waals surface area contributed by atoms with Gasteiger partial charge in [0, 0.05) is 18.5 Å². The number of fused-ring (bicyclic) bond motifs is 1. The minimum absolute atomic E-state index is 0.168. The topological polar surface area (TPSA) is 87.7 Å². The van der Waals surface area contributed by atoms with Gasteiger partial charge in [-0.25, -0.2) is 9.97 Å². The van der Waals surface area contributed by atoms with E-state index in [-0.39, 0.29) is 17.9 Å². The van der Waals surface area contributed by atoms with Crippen LogP contribution in [0.2, 0.25) is 0 Å². The molecular weight excluding hydrogens is 292 g/mol. The number of nitrogens with zero attached hydrogens (tertiary/aromatic N) is 2. The Balaban J connectivity index is 1.68. The second kappa shape index (κ2) is 6.39. The third kappa shape index (κ3) is 3.60. The third-order valence-electron chi connectivity index (χ3n) is 3.41. The van der Waals surface area contributed by atoms with E-state index in [0.717, 1.165) is 5.69 Å². The highest BCUT2D eigenvalue weighted by molar-refractivity contribution is 5.89. The van der Waals surface area contributed by atoms with Crippen molar-refractivity contribution in [2.75, 3.05) is 5.32 Å². The van der Waals surface area contributed by atoms with E-state index in [1.165, 1.54) is 0 Å². The zero-order chi connectivity index (χ0) is 16.2. The van der Waals surface area contributed by atoms with E-state index in [1.54, 1.807) is 24.3 Å². The summed E-state index contributed by atoms with van der Waals surface area (Å²) in [6, 6.07) is 12.6. The number of para-hydroxylation sites is 1. The number of benzene rings is 1. The van der Waals surface area contributed by atoms with Crippen molar-refractivity contribution in [1.29, 1.82) is 0 Å². The van der Waals surface area contributed by atoms with Crippen LogP contribution in [-0.2, 0) is 11.2 Å². The maximum absolute atomic E-state index is 12.0. The number of hydrogen-bond acceptors (Lipinski definition) is 4. The molecule has 2 aromatic heterocycles. The lowest BCUT2D eigenvalue weighted by Crippen LogP contribution is -2.16. The Morgan fingerprint density at radius 3 is 2.78 bits per heavy atom. The monoisotopic (exact) mass is 308 g/mol. The number of aryl methyl sites for hydroxylation is 2. The van der Waals surface area contributed by atoms with Crippen LogP contribution in [0, 0.1) is 6.92 Å². The number of carbonyl (C=O) groups excluding carboxylic acids is 1. The predicted molar refractivity (Wildman–Crippen MR) is 88.3 cm³/mol. The first-order valence-corrected chi connectivity index (χ1v) is 7.33. The number of aromatic nitrogens is 3. The van der Waals surface area contributed by atoms with Gasteiger partial charge in [-0.15, -0.1) is 0 Å². The second-order valence-electron chi connectivity index (χ2n) is 5.24. The van der Waals surface area contributed by atoms with Crippen molar-refractivity contribution in [2.24, 2.45) is 0 Å². The van der Waals surface area contributed by atoms with Gasteiger partial charge in [-0.05, 0) is 31.2 Å². The van der Waals surface area contributed by atoms with E-state index >= 15 is 0 Å². The summed E-state index contributed by atoms with van der Waals surface area (Å²) in [5.74, 6) is 0.856. The van der Waals surface area contributed by atoms with E-state index < -0.39 is 0 Å². The number of carbonyl (C=O) groups is 1. The molecule has 116 valence electrons. The van der Waals surface area contributed by atoms with Gasteiger partial charge in [-0.1, -0.05) is 18.2 Å². The van der Waals surface area contributed by atoms with Crippen molar-refractivity contribution in [3.05, 3.63) is 64.3 Å². The van der Waals surface area contributed by atoms with Crippen LogP contribution >= 0.6 is 0 Å². The molecule has 6 heteroatoms. The molecule has 0 atom stereocenters. The van der Waals surface area contributed by atoms with E-state index in [9.17, 15) is 9.59 Å². The summed E-state index contributed by atoms with van der Waals surface area (Å²) in [4.78, 5) is 35.3. The predicted octanol–water partition coefficient (Wildman–Crippen LogP) is 2.20. The molecule has 0 aliphatic heterocycles. The number of rotatable bonds is 4. The Hall–Kier alpha value is -3.02. The molecule has 0 fully saturated rings. The molecule has 2 heterocycles. The van der Waals surface area contributed by atoms with Gasteiger partial charge in [0.25, 0.3) is 5.56 Å². The first kappa shape index (κ1) is 14.9. The normalized spacial score (nSPS) is 10.7. The molecule has 6 nitrogen and oxygen atoms in total. The number of anilines is 1. The van der Waals surface area contributed by atoms with Crippen LogP contribution < -0.4 is 10.9 Å². The zero-order valence-electron chi connectivity index (χ0n) is 12.7. The molecule has 1 amide bonds. The Labute approximate surface area is 132 Å². The highest BCUT2D eigenvalue weighted by atomic mass is 16.1. The standard InChI is InChI=1S/C17H16N4O2/c1-11-5-4-8-14(18-11)20-16(22)10-9-15-19-13-7-3-2-6-12(13)17(23)21-15/h2-8H,9-10H2,1H3,(H,18,20,22)(H,19,21,23). The highest BCUT2D eigenvalue weighted by Gasteiger charge is 2.07. The molecule has 0 spiro atoms. The van der Waals surface area contributed by atoms with Crippen molar-refractivity contribution in [1.82, 2.24) is 15.0 Å². The van der Waals surface area contributed by atoms with Gasteiger partial charge >= 0.3 is 0 Å². The summed E-state index contributed by atoms with van der Waals surface area (Å²) in [5, 5.41) is 3.28. The molecule has 0 bridgehead atoms. The number of hydrogen-bond donors (Lipinski definition) is 2. The summed E-state index contributed by atoms with van der Waals surface area (Å²) in [5.41, 5.74) is 1.28. The maximum Gasteiger partial charge on any atom is 0.258 e. The number of pyridine rings is 1. The third-order valence-corrected chi connectivity index (χ3v) is 3.41. The van der Waals surface area contributed by atoms with Crippen LogP contribution in [-0.4, -0.2) is 20.9 Å². The highest BCUT2D eigenvalue weighted by Crippen LogP contribution is 2.08. The van der Waals surface area contributed by atoms with Crippen LogP contribution in [0.1, 0.15) is 17.9 Å². The number of H-pyrrole nitrogens is 1. The van der Waals surface area contributed by atoms with Gasteiger partial charge in [0.15, 0.2) is 0 Å². The second-order valence-corrected chi connectivity index (χ2v) is 5.24. The van der Waals surface area contributed by atoms with E-state index in [0.29, 0.717) is 29.0 Å². The summed E-state index contributed by atoms with van der Waals surface area (Å²) in [6.07, 6.45) is 0.578. The Bertz CT molecular complexity index is 918. The first-order valence-electron chi connectivity index (χ1n) is 7.33. The molecule has 0 saturated heterocycles. The lowest BCUT2D eigenvalue weighted by Gasteiger charge is -2.05. The van der Waals surface area contributed by atoms with Crippen LogP contribution in [0.3, 0.4) is 0 Å². The van der Waals surface area contributed by atoms with Gasteiger partial charge in [0.1, 0.15) is 11.6 Å². The molecule has 1 aromatic carbocycles. The SMILES string of the molecule is Cc1cccc(NC(=O)CCc2nc3ccccc3c(=O)[nH]2)n1.